The van der Waals surface area contributed by atoms with E-state index >= 15 is 0 Å². The fraction of sp³-hybridized carbons (Fsp3) is 0.355. The Morgan fingerprint density at radius 3 is 2.42 bits per heavy atom. The summed E-state index contributed by atoms with van der Waals surface area (Å²) in [6, 6.07) is 14.4. The lowest BCUT2D eigenvalue weighted by Gasteiger charge is -2.22. The second kappa shape index (κ2) is 13.1. The summed E-state index contributed by atoms with van der Waals surface area (Å²) < 4.78 is 12.4. The molecule has 9 nitrogen and oxygen atoms in total. The summed E-state index contributed by atoms with van der Waals surface area (Å²) in [6.45, 7) is 7.60. The average Bonchev–Trinajstić information content (AvgIpc) is 3.42. The molecule has 40 heavy (non-hydrogen) atoms. The van der Waals surface area contributed by atoms with Gasteiger partial charge in [-0.25, -0.2) is 9.50 Å². The van der Waals surface area contributed by atoms with Crippen molar-refractivity contribution in [1.82, 2.24) is 19.5 Å². The summed E-state index contributed by atoms with van der Waals surface area (Å²) in [7, 11) is 3.17. The summed E-state index contributed by atoms with van der Waals surface area (Å²) in [5.74, 6) is 0.868. The minimum absolute atomic E-state index is 0.0213. The number of benzene rings is 2. The molecule has 0 aliphatic rings. The van der Waals surface area contributed by atoms with Gasteiger partial charge < -0.3 is 19.7 Å². The molecule has 210 valence electrons. The minimum atomic E-state index is -0.363. The third kappa shape index (κ3) is 6.25. The molecule has 2 amide bonds. The molecule has 0 aliphatic heterocycles. The summed E-state index contributed by atoms with van der Waals surface area (Å²) in [4.78, 5) is 32.7. The van der Waals surface area contributed by atoms with Crippen LogP contribution < -0.4 is 14.8 Å². The predicted molar refractivity (Wildman–Crippen MR) is 156 cm³/mol. The largest absolute Gasteiger partial charge is 0.493 e. The number of ether oxygens (including phenoxy) is 2. The summed E-state index contributed by atoms with van der Waals surface area (Å²) in [6.07, 6.45) is 5.80. The molecule has 2 aromatic carbocycles. The van der Waals surface area contributed by atoms with Crippen molar-refractivity contribution in [2.75, 3.05) is 32.6 Å². The lowest BCUT2D eigenvalue weighted by atomic mass is 10.1. The molecule has 0 saturated heterocycles. The Bertz CT molecular complexity index is 1500. The van der Waals surface area contributed by atoms with Gasteiger partial charge in [0.2, 0.25) is 0 Å². The highest BCUT2D eigenvalue weighted by molar-refractivity contribution is 6.04. The number of nitrogens with zero attached hydrogens (tertiary/aromatic N) is 4. The standard InChI is InChI=1S/C31H37N5O4/c1-6-8-9-17-35(16-7-2)31(38)23-10-12-24(21(3)18-23)33-30(37)25-20-29-32-15-14-26(36(29)34-25)22-11-13-27(39-4)28(19-22)40-5/h10-15,18-20H,6-9,16-17H2,1-5H3,(H,33,37). The van der Waals surface area contributed by atoms with Crippen LogP contribution in [-0.2, 0) is 0 Å². The molecule has 0 fully saturated rings. The number of carbonyl (C=O) groups excluding carboxylic acids is 2. The predicted octanol–water partition coefficient (Wildman–Crippen LogP) is 6.02. The molecule has 0 radical (unpaired) electrons. The Kier molecular flexibility index (Phi) is 9.37. The monoisotopic (exact) mass is 543 g/mol. The molecule has 4 aromatic rings. The molecular formula is C31H37N5O4. The van der Waals surface area contributed by atoms with E-state index in [0.29, 0.717) is 28.4 Å². The SMILES string of the molecule is CCCCCN(CCC)C(=O)c1ccc(NC(=O)c2cc3nccc(-c4ccc(OC)c(OC)c4)n3n2)c(C)c1. The first-order valence-electron chi connectivity index (χ1n) is 13.7. The van der Waals surface area contributed by atoms with E-state index in [9.17, 15) is 9.59 Å². The number of anilines is 1. The zero-order chi connectivity index (χ0) is 28.6. The zero-order valence-corrected chi connectivity index (χ0v) is 23.9. The Balaban J connectivity index is 1.54. The number of amides is 2. The lowest BCUT2D eigenvalue weighted by molar-refractivity contribution is 0.0752. The second-order valence-electron chi connectivity index (χ2n) is 9.68. The van der Waals surface area contributed by atoms with E-state index in [0.717, 1.165) is 55.6 Å². The highest BCUT2D eigenvalue weighted by Gasteiger charge is 2.19. The van der Waals surface area contributed by atoms with E-state index < -0.39 is 0 Å². The van der Waals surface area contributed by atoms with Crippen LogP contribution in [0.15, 0.2) is 54.7 Å². The number of unbranched alkanes of at least 4 members (excludes halogenated alkanes) is 2. The first-order chi connectivity index (χ1) is 19.4. The number of carbonyl (C=O) groups is 2. The molecule has 2 heterocycles. The number of hydrogen-bond acceptors (Lipinski definition) is 6. The van der Waals surface area contributed by atoms with Gasteiger partial charge in [0.25, 0.3) is 11.8 Å². The highest BCUT2D eigenvalue weighted by atomic mass is 16.5. The van der Waals surface area contributed by atoms with E-state index in [1.807, 2.05) is 42.2 Å². The second-order valence-corrected chi connectivity index (χ2v) is 9.68. The fourth-order valence-electron chi connectivity index (χ4n) is 4.66. The molecule has 0 atom stereocenters. The summed E-state index contributed by atoms with van der Waals surface area (Å²) in [5.41, 5.74) is 4.40. The normalized spacial score (nSPS) is 10.9. The fourth-order valence-corrected chi connectivity index (χ4v) is 4.66. The molecule has 2 aromatic heterocycles. The Hall–Kier alpha value is -4.40. The van der Waals surface area contributed by atoms with Crippen LogP contribution in [0.2, 0.25) is 0 Å². The van der Waals surface area contributed by atoms with Crippen LogP contribution in [0.5, 0.6) is 11.5 Å². The number of rotatable bonds is 12. The van der Waals surface area contributed by atoms with Gasteiger partial charge in [-0.15, -0.1) is 0 Å². The van der Waals surface area contributed by atoms with Crippen molar-refractivity contribution in [3.05, 3.63) is 71.5 Å². The van der Waals surface area contributed by atoms with Crippen molar-refractivity contribution in [2.24, 2.45) is 0 Å². The Labute approximate surface area is 235 Å². The Morgan fingerprint density at radius 2 is 1.73 bits per heavy atom. The molecule has 0 saturated carbocycles. The van der Waals surface area contributed by atoms with E-state index in [1.165, 1.54) is 0 Å². The van der Waals surface area contributed by atoms with Crippen molar-refractivity contribution in [2.45, 2.75) is 46.5 Å². The molecule has 0 aliphatic carbocycles. The van der Waals surface area contributed by atoms with Crippen molar-refractivity contribution in [3.8, 4) is 22.8 Å². The molecular weight excluding hydrogens is 506 g/mol. The van der Waals surface area contributed by atoms with Crippen LogP contribution in [0.4, 0.5) is 5.69 Å². The van der Waals surface area contributed by atoms with Gasteiger partial charge in [0, 0.05) is 42.2 Å². The van der Waals surface area contributed by atoms with Gasteiger partial charge in [-0.3, -0.25) is 9.59 Å². The van der Waals surface area contributed by atoms with Crippen LogP contribution in [0.3, 0.4) is 0 Å². The van der Waals surface area contributed by atoms with Crippen LogP contribution in [0.1, 0.15) is 65.9 Å². The number of nitrogens with one attached hydrogen (secondary N) is 1. The summed E-state index contributed by atoms with van der Waals surface area (Å²) in [5, 5.41) is 7.49. The number of hydrogen-bond donors (Lipinski definition) is 1. The van der Waals surface area contributed by atoms with E-state index in [1.54, 1.807) is 43.1 Å². The van der Waals surface area contributed by atoms with Crippen LogP contribution >= 0.6 is 0 Å². The van der Waals surface area contributed by atoms with Crippen LogP contribution in [0.25, 0.3) is 16.9 Å². The van der Waals surface area contributed by atoms with Gasteiger partial charge in [0.05, 0.1) is 19.9 Å². The van der Waals surface area contributed by atoms with Crippen molar-refractivity contribution < 1.29 is 19.1 Å². The van der Waals surface area contributed by atoms with Gasteiger partial charge in [0.15, 0.2) is 22.8 Å². The van der Waals surface area contributed by atoms with Gasteiger partial charge >= 0.3 is 0 Å². The third-order valence-corrected chi connectivity index (χ3v) is 6.80. The number of fused-ring (bicyclic) bond motifs is 1. The van der Waals surface area contributed by atoms with Crippen molar-refractivity contribution >= 4 is 23.1 Å². The molecule has 0 spiro atoms. The van der Waals surface area contributed by atoms with E-state index in [2.05, 4.69) is 29.2 Å². The molecule has 0 bridgehead atoms. The maximum absolute atomic E-state index is 13.2. The molecule has 4 rings (SSSR count). The lowest BCUT2D eigenvalue weighted by Crippen LogP contribution is -2.32. The first-order valence-corrected chi connectivity index (χ1v) is 13.7. The smallest absolute Gasteiger partial charge is 0.276 e. The van der Waals surface area contributed by atoms with Gasteiger partial charge in [-0.2, -0.15) is 5.10 Å². The van der Waals surface area contributed by atoms with Crippen LogP contribution in [-0.4, -0.2) is 58.6 Å². The third-order valence-electron chi connectivity index (χ3n) is 6.80. The molecule has 1 N–H and O–H groups in total. The van der Waals surface area contributed by atoms with E-state index in [-0.39, 0.29) is 17.5 Å². The van der Waals surface area contributed by atoms with E-state index in [4.69, 9.17) is 9.47 Å². The highest BCUT2D eigenvalue weighted by Crippen LogP contribution is 2.32. The maximum Gasteiger partial charge on any atom is 0.276 e. The van der Waals surface area contributed by atoms with Gasteiger partial charge in [0.1, 0.15) is 0 Å². The molecule has 0 unspecified atom stereocenters. The maximum atomic E-state index is 13.2. The molecule has 9 heteroatoms. The average molecular weight is 544 g/mol. The number of methoxy groups -OCH3 is 2. The first kappa shape index (κ1) is 28.6. The van der Waals surface area contributed by atoms with Gasteiger partial charge in [-0.05, 0) is 67.8 Å². The summed E-state index contributed by atoms with van der Waals surface area (Å²) >= 11 is 0. The zero-order valence-electron chi connectivity index (χ0n) is 23.9. The van der Waals surface area contributed by atoms with Crippen molar-refractivity contribution in [1.29, 1.82) is 0 Å². The minimum Gasteiger partial charge on any atom is -0.493 e. The van der Waals surface area contributed by atoms with Crippen LogP contribution in [0, 0.1) is 6.92 Å². The van der Waals surface area contributed by atoms with Crippen molar-refractivity contribution in [3.63, 3.8) is 0 Å². The van der Waals surface area contributed by atoms with Gasteiger partial charge in [-0.1, -0.05) is 26.7 Å². The quantitative estimate of drug-likeness (QED) is 0.220. The number of aryl methyl sites for hydroxylation is 1. The topological polar surface area (TPSA) is 98.1 Å². The Morgan fingerprint density at radius 1 is 0.925 bits per heavy atom. The number of aromatic nitrogens is 3.